The second-order valence-corrected chi connectivity index (χ2v) is 5.05. The highest BCUT2D eigenvalue weighted by Gasteiger charge is 2.17. The van der Waals surface area contributed by atoms with E-state index in [4.69, 9.17) is 14.2 Å². The first-order chi connectivity index (χ1) is 10.5. The predicted octanol–water partition coefficient (Wildman–Crippen LogP) is 2.78. The summed E-state index contributed by atoms with van der Waals surface area (Å²) in [5.41, 5.74) is 0. The highest BCUT2D eigenvalue weighted by atomic mass is 16.6. The summed E-state index contributed by atoms with van der Waals surface area (Å²) in [6.07, 6.45) is 2.88. The van der Waals surface area contributed by atoms with Crippen LogP contribution in [0.2, 0.25) is 0 Å². The van der Waals surface area contributed by atoms with Crippen LogP contribution in [0.25, 0.3) is 0 Å². The lowest BCUT2D eigenvalue weighted by molar-refractivity contribution is -0.161. The molecule has 0 aliphatic heterocycles. The van der Waals surface area contributed by atoms with Gasteiger partial charge in [-0.1, -0.05) is 20.8 Å². The van der Waals surface area contributed by atoms with Gasteiger partial charge in [-0.3, -0.25) is 14.4 Å². The lowest BCUT2D eigenvalue weighted by Crippen LogP contribution is -2.27. The van der Waals surface area contributed by atoms with Gasteiger partial charge in [0, 0.05) is 25.7 Å². The number of hydrogen-bond donors (Lipinski definition) is 0. The van der Waals surface area contributed by atoms with Crippen molar-refractivity contribution in [3.63, 3.8) is 0 Å². The Morgan fingerprint density at radius 1 is 0.773 bits per heavy atom. The minimum atomic E-state index is -0.575. The summed E-state index contributed by atoms with van der Waals surface area (Å²) in [5, 5.41) is 0. The monoisotopic (exact) mass is 316 g/mol. The SMILES string of the molecule is CCCC(=O)OCCC(COC(=O)CCC)OC(=O)CCC. The minimum absolute atomic E-state index is 0.000381. The molecule has 0 rings (SSSR count). The van der Waals surface area contributed by atoms with Crippen molar-refractivity contribution < 1.29 is 28.6 Å². The molecular weight excluding hydrogens is 288 g/mol. The van der Waals surface area contributed by atoms with Gasteiger partial charge in [0.05, 0.1) is 6.61 Å². The van der Waals surface area contributed by atoms with E-state index in [1.807, 2.05) is 20.8 Å². The Balaban J connectivity index is 4.23. The zero-order valence-electron chi connectivity index (χ0n) is 13.9. The quantitative estimate of drug-likeness (QED) is 0.407. The molecule has 0 aromatic carbocycles. The fraction of sp³-hybridized carbons (Fsp3) is 0.812. The highest BCUT2D eigenvalue weighted by molar-refractivity contribution is 5.70. The van der Waals surface area contributed by atoms with Crippen LogP contribution in [0.4, 0.5) is 0 Å². The summed E-state index contributed by atoms with van der Waals surface area (Å²) < 4.78 is 15.4. The molecule has 6 heteroatoms. The Morgan fingerprint density at radius 3 is 1.82 bits per heavy atom. The van der Waals surface area contributed by atoms with Crippen LogP contribution in [-0.2, 0) is 28.6 Å². The molecule has 0 radical (unpaired) electrons. The van der Waals surface area contributed by atoms with Gasteiger partial charge in [-0.25, -0.2) is 0 Å². The van der Waals surface area contributed by atoms with Gasteiger partial charge in [0.1, 0.15) is 12.7 Å². The smallest absolute Gasteiger partial charge is 0.306 e. The fourth-order valence-electron chi connectivity index (χ4n) is 1.67. The standard InChI is InChI=1S/C16H28O6/c1-4-7-14(17)20-11-10-13(22-16(19)9-6-3)12-21-15(18)8-5-2/h13H,4-12H2,1-3H3. The molecule has 128 valence electrons. The molecule has 0 aromatic rings. The number of hydrogen-bond acceptors (Lipinski definition) is 6. The van der Waals surface area contributed by atoms with Gasteiger partial charge < -0.3 is 14.2 Å². The zero-order chi connectivity index (χ0) is 16.8. The molecule has 1 atom stereocenters. The summed E-state index contributed by atoms with van der Waals surface area (Å²) >= 11 is 0. The van der Waals surface area contributed by atoms with E-state index >= 15 is 0 Å². The van der Waals surface area contributed by atoms with Crippen molar-refractivity contribution >= 4 is 17.9 Å². The van der Waals surface area contributed by atoms with Crippen LogP contribution in [0.15, 0.2) is 0 Å². The molecule has 0 amide bonds. The first kappa shape index (κ1) is 20.4. The molecule has 0 aromatic heterocycles. The van der Waals surface area contributed by atoms with Crippen molar-refractivity contribution in [1.29, 1.82) is 0 Å². The van der Waals surface area contributed by atoms with E-state index in [1.165, 1.54) is 0 Å². The molecule has 0 saturated carbocycles. The van der Waals surface area contributed by atoms with E-state index in [-0.39, 0.29) is 31.1 Å². The Morgan fingerprint density at radius 2 is 1.27 bits per heavy atom. The number of esters is 3. The summed E-state index contributed by atoms with van der Waals surface area (Å²) in [7, 11) is 0. The first-order valence-electron chi connectivity index (χ1n) is 8.04. The average molecular weight is 316 g/mol. The van der Waals surface area contributed by atoms with Crippen LogP contribution in [0, 0.1) is 0 Å². The molecule has 6 nitrogen and oxygen atoms in total. The maximum absolute atomic E-state index is 11.6. The second-order valence-electron chi connectivity index (χ2n) is 5.05. The maximum atomic E-state index is 11.6. The molecule has 0 bridgehead atoms. The van der Waals surface area contributed by atoms with Gasteiger partial charge in [0.25, 0.3) is 0 Å². The van der Waals surface area contributed by atoms with Gasteiger partial charge in [-0.2, -0.15) is 0 Å². The number of ether oxygens (including phenoxy) is 3. The average Bonchev–Trinajstić information content (AvgIpc) is 2.45. The van der Waals surface area contributed by atoms with Crippen LogP contribution in [0.5, 0.6) is 0 Å². The third-order valence-electron chi connectivity index (χ3n) is 2.79. The predicted molar refractivity (Wildman–Crippen MR) is 81.1 cm³/mol. The summed E-state index contributed by atoms with van der Waals surface area (Å²) in [6.45, 7) is 5.80. The third kappa shape index (κ3) is 11.1. The summed E-state index contributed by atoms with van der Waals surface area (Å²) in [4.78, 5) is 34.2. The number of carbonyl (C=O) groups is 3. The van der Waals surface area contributed by atoms with Gasteiger partial charge in [-0.15, -0.1) is 0 Å². The Hall–Kier alpha value is -1.59. The Bertz CT molecular complexity index is 340. The molecule has 0 heterocycles. The molecular formula is C16H28O6. The van der Waals surface area contributed by atoms with Gasteiger partial charge in [0.2, 0.25) is 0 Å². The fourth-order valence-corrected chi connectivity index (χ4v) is 1.67. The summed E-state index contributed by atoms with van der Waals surface area (Å²) in [5.74, 6) is -0.926. The van der Waals surface area contributed by atoms with E-state index in [1.54, 1.807) is 0 Å². The third-order valence-corrected chi connectivity index (χ3v) is 2.79. The van der Waals surface area contributed by atoms with Crippen LogP contribution >= 0.6 is 0 Å². The normalized spacial score (nSPS) is 11.6. The van der Waals surface area contributed by atoms with Crippen molar-refractivity contribution in [2.75, 3.05) is 13.2 Å². The molecule has 0 aliphatic carbocycles. The van der Waals surface area contributed by atoms with Crippen molar-refractivity contribution in [3.05, 3.63) is 0 Å². The van der Waals surface area contributed by atoms with Crippen LogP contribution in [0.1, 0.15) is 65.7 Å². The van der Waals surface area contributed by atoms with Gasteiger partial charge in [-0.05, 0) is 19.3 Å². The molecule has 0 spiro atoms. The lowest BCUT2D eigenvalue weighted by Gasteiger charge is -2.18. The van der Waals surface area contributed by atoms with E-state index in [9.17, 15) is 14.4 Å². The summed E-state index contributed by atoms with van der Waals surface area (Å²) in [6, 6.07) is 0. The van der Waals surface area contributed by atoms with Crippen LogP contribution in [-0.4, -0.2) is 37.2 Å². The second kappa shape index (κ2) is 13.1. The van der Waals surface area contributed by atoms with Crippen LogP contribution < -0.4 is 0 Å². The minimum Gasteiger partial charge on any atom is -0.466 e. The Labute approximate surface area is 132 Å². The first-order valence-corrected chi connectivity index (χ1v) is 8.04. The largest absolute Gasteiger partial charge is 0.466 e. The molecule has 22 heavy (non-hydrogen) atoms. The van der Waals surface area contributed by atoms with Crippen molar-refractivity contribution in [1.82, 2.24) is 0 Å². The van der Waals surface area contributed by atoms with E-state index in [0.717, 1.165) is 6.42 Å². The molecule has 0 N–H and O–H groups in total. The number of rotatable bonds is 12. The van der Waals surface area contributed by atoms with E-state index < -0.39 is 6.10 Å². The van der Waals surface area contributed by atoms with Crippen molar-refractivity contribution in [2.45, 2.75) is 71.8 Å². The topological polar surface area (TPSA) is 78.9 Å². The lowest BCUT2D eigenvalue weighted by atomic mass is 10.2. The highest BCUT2D eigenvalue weighted by Crippen LogP contribution is 2.06. The Kier molecular flexibility index (Phi) is 12.2. The molecule has 0 saturated heterocycles. The van der Waals surface area contributed by atoms with Crippen molar-refractivity contribution in [2.24, 2.45) is 0 Å². The zero-order valence-corrected chi connectivity index (χ0v) is 13.9. The van der Waals surface area contributed by atoms with Gasteiger partial charge in [0.15, 0.2) is 0 Å². The van der Waals surface area contributed by atoms with Gasteiger partial charge >= 0.3 is 17.9 Å². The molecule has 1 unspecified atom stereocenters. The van der Waals surface area contributed by atoms with Crippen LogP contribution in [0.3, 0.4) is 0 Å². The van der Waals surface area contributed by atoms with E-state index in [0.29, 0.717) is 38.5 Å². The molecule has 0 aliphatic rings. The maximum Gasteiger partial charge on any atom is 0.306 e. The molecule has 0 fully saturated rings. The number of carbonyl (C=O) groups excluding carboxylic acids is 3. The van der Waals surface area contributed by atoms with Crippen molar-refractivity contribution in [3.8, 4) is 0 Å². The van der Waals surface area contributed by atoms with E-state index in [2.05, 4.69) is 0 Å².